The summed E-state index contributed by atoms with van der Waals surface area (Å²) in [6, 6.07) is 18.8. The normalized spacial score (nSPS) is 8.68. The molecule has 0 spiro atoms. The molecular weight excluding hydrogens is 1680 g/mol. The van der Waals surface area contributed by atoms with Gasteiger partial charge in [0.15, 0.2) is 12.7 Å². The van der Waals surface area contributed by atoms with Crippen molar-refractivity contribution in [2.75, 3.05) is 0 Å². The predicted octanol–water partition coefficient (Wildman–Crippen LogP) is 32.0. The molecule has 0 saturated heterocycles. The summed E-state index contributed by atoms with van der Waals surface area (Å²) in [4.78, 5) is 28.5. The zero-order chi connectivity index (χ0) is 103. The van der Waals surface area contributed by atoms with E-state index in [-0.39, 0.29) is 0 Å². The molecule has 0 radical (unpaired) electrons. The van der Waals surface area contributed by atoms with Gasteiger partial charge in [0.1, 0.15) is 31.5 Å². The topological polar surface area (TPSA) is 364 Å². The molecule has 0 saturated carbocycles. The first-order valence-electron chi connectivity index (χ1n) is 44.4. The Morgan fingerprint density at radius 2 is 0.692 bits per heavy atom. The minimum atomic E-state index is 0.500. The van der Waals surface area contributed by atoms with Crippen LogP contribution in [0.15, 0.2) is 274 Å². The largest absolute Gasteiger partial charge is 0.473 e. The van der Waals surface area contributed by atoms with E-state index in [2.05, 4.69) is 438 Å². The quantitative estimate of drug-likeness (QED) is 0.0941. The number of thiazole rings is 1. The highest BCUT2D eigenvalue weighted by Gasteiger charge is 1.96. The lowest BCUT2D eigenvalue weighted by atomic mass is 10.0. The molecule has 27 nitrogen and oxygen atoms in total. The molecular formula is C100H191N23O4S3. The summed E-state index contributed by atoms with van der Waals surface area (Å²) in [5.41, 5.74) is 2.79. The summed E-state index contributed by atoms with van der Waals surface area (Å²) < 4.78 is 21.5. The van der Waals surface area contributed by atoms with Crippen LogP contribution in [0.5, 0.6) is 0 Å². The summed E-state index contributed by atoms with van der Waals surface area (Å²) in [6.45, 7) is 95.5. The summed E-state index contributed by atoms with van der Waals surface area (Å²) in [6.07, 6.45) is 43.0. The van der Waals surface area contributed by atoms with E-state index in [0.717, 1.165) is 71.0 Å². The van der Waals surface area contributed by atoms with E-state index in [4.69, 9.17) is 0 Å². The van der Waals surface area contributed by atoms with E-state index in [1.165, 1.54) is 68.5 Å². The first-order chi connectivity index (χ1) is 60.8. The lowest BCUT2D eigenvalue weighted by molar-refractivity contribution is 0.420. The van der Waals surface area contributed by atoms with E-state index in [1.807, 2.05) is 82.4 Å². The molecule has 0 aliphatic carbocycles. The highest BCUT2D eigenvalue weighted by atomic mass is 32.1. The minimum Gasteiger partial charge on any atom is -0.473 e. The maximum Gasteiger partial charge on any atom is 0.203 e. The standard InChI is InChI=1S/2C5H12.2C4H4N2.C4H5N.C4H4O.C4H4S.12C4H10.C3H4N2.2C3H3NO.2C3H3NS.2C2H3N3.C2H2N2O.CH2N4/c2*1-5(2,3)4;1-2-6-4-3-5-1;1-2-5-4-6-3-1;3*1-2-4-5-3-1;12*1-4(2)3;1-2-4-5-3-1;1-2-5-3-4-1;1-2-4-5-3-1;1-2-5-3-4-1;1-2-4-5-3-1;1-3-2-5-4-1;1-2-4-5-3-1;1-3-4-2-5-1;1-2-4-5-3-1/h2*1-4H3;2*1-4H;1-5H;2*1-4H;12*4H,1-3H3;1-3H,(H,4,5);4*1-3H;2*1-2H,(H,3,4,5);1-2H;1H,(H,2,3,4,5). The van der Waals surface area contributed by atoms with Crippen molar-refractivity contribution in [3.8, 4) is 0 Å². The molecule has 0 fully saturated rings. The Morgan fingerprint density at radius 1 is 0.262 bits per heavy atom. The summed E-state index contributed by atoms with van der Waals surface area (Å²) in [7, 11) is 0. The van der Waals surface area contributed by atoms with E-state index in [9.17, 15) is 0 Å². The van der Waals surface area contributed by atoms with E-state index in [1.54, 1.807) is 140 Å². The Morgan fingerprint density at radius 3 is 0.800 bits per heavy atom. The van der Waals surface area contributed by atoms with Crippen LogP contribution < -0.4 is 0 Å². The second-order valence-electron chi connectivity index (χ2n) is 37.0. The van der Waals surface area contributed by atoms with Crippen LogP contribution in [0.4, 0.5) is 0 Å². The molecule has 0 aliphatic rings. The van der Waals surface area contributed by atoms with Crippen LogP contribution in [-0.2, 0) is 0 Å². The highest BCUT2D eigenvalue weighted by molar-refractivity contribution is 7.07. The smallest absolute Gasteiger partial charge is 0.203 e. The lowest BCUT2D eigenvalue weighted by Gasteiger charge is -2.05. The number of tetrazole rings is 1. The van der Waals surface area contributed by atoms with Crippen molar-refractivity contribution in [1.82, 2.24) is 116 Å². The zero-order valence-corrected chi connectivity index (χ0v) is 92.0. The maximum atomic E-state index is 4.58. The third-order valence-electron chi connectivity index (χ3n) is 5.31. The number of nitrogens with one attached hydrogen (secondary N) is 5. The molecule has 30 heteroatoms. The van der Waals surface area contributed by atoms with Gasteiger partial charge in [-0.3, -0.25) is 25.1 Å². The number of thiophene rings is 1. The fourth-order valence-electron chi connectivity index (χ4n) is 2.75. The molecule has 130 heavy (non-hydrogen) atoms. The number of H-pyrrole nitrogens is 5. The van der Waals surface area contributed by atoms with Crippen molar-refractivity contribution in [2.45, 2.75) is 305 Å². The molecule has 748 valence electrons. The number of furan rings is 1. The predicted molar refractivity (Wildman–Crippen MR) is 561 cm³/mol. The van der Waals surface area contributed by atoms with Crippen molar-refractivity contribution in [3.05, 3.63) is 256 Å². The van der Waals surface area contributed by atoms with Crippen molar-refractivity contribution < 1.29 is 17.8 Å². The molecule has 0 amide bonds. The van der Waals surface area contributed by atoms with Crippen LogP contribution in [-0.4, -0.2) is 116 Å². The monoisotopic (exact) mass is 1870 g/mol. The van der Waals surface area contributed by atoms with Gasteiger partial charge >= 0.3 is 0 Å². The highest BCUT2D eigenvalue weighted by Crippen LogP contribution is 2.08. The van der Waals surface area contributed by atoms with E-state index >= 15 is 0 Å². The second kappa shape index (κ2) is 137. The lowest BCUT2D eigenvalue weighted by Crippen LogP contribution is -1.93. The molecule has 0 atom stereocenters. The Balaban J connectivity index is -0.0000000896. The summed E-state index contributed by atoms with van der Waals surface area (Å²) in [5.74, 6) is 10.0. The Kier molecular flexibility index (Phi) is 159. The van der Waals surface area contributed by atoms with Crippen LogP contribution >= 0.6 is 34.2 Å². The first-order valence-corrected chi connectivity index (χ1v) is 47.1. The second-order valence-corrected chi connectivity index (χ2v) is 39.3. The number of rotatable bonds is 0. The number of aromatic amines is 5. The van der Waals surface area contributed by atoms with Crippen LogP contribution in [0.1, 0.15) is 305 Å². The van der Waals surface area contributed by atoms with Crippen LogP contribution in [0.3, 0.4) is 0 Å². The van der Waals surface area contributed by atoms with E-state index in [0.29, 0.717) is 10.8 Å². The van der Waals surface area contributed by atoms with Gasteiger partial charge in [-0.15, -0.1) is 31.7 Å². The maximum absolute atomic E-state index is 4.58. The average Bonchev–Trinajstić information content (AvgIpc) is 2.02. The van der Waals surface area contributed by atoms with Crippen molar-refractivity contribution in [2.24, 2.45) is 81.8 Å². The molecule has 0 aromatic carbocycles. The number of hydrogen-bond donors (Lipinski definition) is 5. The Labute approximate surface area is 805 Å². The molecule has 14 aromatic heterocycles. The van der Waals surface area contributed by atoms with Gasteiger partial charge in [0.2, 0.25) is 12.8 Å². The number of nitrogens with zero attached hydrogens (tertiary/aromatic N) is 18. The molecule has 0 bridgehead atoms. The molecule has 14 aromatic rings. The summed E-state index contributed by atoms with van der Waals surface area (Å²) >= 11 is 4.78. The number of hydrogen-bond acceptors (Lipinski definition) is 25. The fourth-order valence-corrected chi connectivity index (χ4v) is 3.91. The van der Waals surface area contributed by atoms with Crippen LogP contribution in [0.2, 0.25) is 0 Å². The molecule has 14 heterocycles. The van der Waals surface area contributed by atoms with Gasteiger partial charge in [-0.1, -0.05) is 327 Å². The van der Waals surface area contributed by atoms with Gasteiger partial charge in [0.25, 0.3) is 0 Å². The van der Waals surface area contributed by atoms with Crippen molar-refractivity contribution >= 4 is 34.2 Å². The van der Waals surface area contributed by atoms with Crippen LogP contribution in [0, 0.1) is 81.8 Å². The average molecular weight is 1880 g/mol. The third-order valence-corrected chi connectivity index (χ3v) is 6.98. The Bertz CT molecular complexity index is 2450. The Hall–Kier alpha value is -10.2. The molecule has 5 N–H and O–H groups in total. The van der Waals surface area contributed by atoms with E-state index < -0.39 is 0 Å². The zero-order valence-electron chi connectivity index (χ0n) is 89.6. The van der Waals surface area contributed by atoms with Gasteiger partial charge < -0.3 is 22.8 Å². The third kappa shape index (κ3) is 421. The summed E-state index contributed by atoms with van der Waals surface area (Å²) in [5, 5.41) is 51.6. The van der Waals surface area contributed by atoms with Gasteiger partial charge in [0, 0.05) is 85.1 Å². The van der Waals surface area contributed by atoms with Gasteiger partial charge in [-0.05, 0) is 153 Å². The first kappa shape index (κ1) is 151. The van der Waals surface area contributed by atoms with Crippen LogP contribution in [0.25, 0.3) is 0 Å². The molecule has 0 unspecified atom stereocenters. The number of oxazole rings is 1. The fraction of sp³-hybridized carbons (Fsp3) is 0.580. The SMILES string of the molecule is CC(C)(C)C.CC(C)(C)C.CC(C)C.CC(C)C.CC(C)C.CC(C)C.CC(C)C.CC(C)C.CC(C)C.CC(C)C.CC(C)C.CC(C)C.CC(C)C.CC(C)C.c1cc[nH]c1.c1ccoc1.c1ccsc1.c1cn[nH]c1.c1cn[nH]n1.c1cnccn1.c1cncnc1.c1cnoc1.c1cnsc1.c1cocn1.c1cscn1.c1nc[nH]n1.c1nn[nH]n1.c1nnco1. The van der Waals surface area contributed by atoms with Crippen molar-refractivity contribution in [3.63, 3.8) is 0 Å². The number of aromatic nitrogens is 23. The minimum absolute atomic E-state index is 0.500. The molecule has 14 rings (SSSR count). The van der Waals surface area contributed by atoms with Gasteiger partial charge in [-0.2, -0.15) is 42.2 Å². The van der Waals surface area contributed by atoms with Gasteiger partial charge in [-0.25, -0.2) is 24.3 Å². The van der Waals surface area contributed by atoms with Gasteiger partial charge in [0.05, 0.1) is 42.8 Å². The molecule has 0 aliphatic heterocycles. The van der Waals surface area contributed by atoms with Crippen molar-refractivity contribution in [1.29, 1.82) is 0 Å².